The van der Waals surface area contributed by atoms with Crippen molar-refractivity contribution in [3.63, 3.8) is 0 Å². The molecule has 5 heteroatoms. The van der Waals surface area contributed by atoms with E-state index in [1.54, 1.807) is 11.3 Å². The monoisotopic (exact) mass is 322 g/mol. The maximum absolute atomic E-state index is 6.01. The molecule has 2 heterocycles. The van der Waals surface area contributed by atoms with Crippen molar-refractivity contribution in [3.05, 3.63) is 19.8 Å². The first-order valence-electron chi connectivity index (χ1n) is 5.51. The summed E-state index contributed by atoms with van der Waals surface area (Å²) < 4.78 is 1.86. The number of nitrogens with zero attached hydrogens (tertiary/aromatic N) is 1. The third-order valence-electron chi connectivity index (χ3n) is 2.89. The van der Waals surface area contributed by atoms with Gasteiger partial charge in [-0.3, -0.25) is 0 Å². The molecule has 1 aromatic rings. The van der Waals surface area contributed by atoms with Crippen LogP contribution in [0.2, 0.25) is 4.34 Å². The Morgan fingerprint density at radius 1 is 1.69 bits per heavy atom. The zero-order chi connectivity index (χ0) is 11.5. The lowest BCUT2D eigenvalue weighted by Crippen LogP contribution is -2.43. The van der Waals surface area contributed by atoms with E-state index in [0.717, 1.165) is 21.9 Å². The summed E-state index contributed by atoms with van der Waals surface area (Å²) >= 11 is 11.1. The number of nitrogens with one attached hydrogen (secondary N) is 1. The molecule has 0 aromatic carbocycles. The van der Waals surface area contributed by atoms with E-state index in [0.29, 0.717) is 6.04 Å². The third kappa shape index (κ3) is 3.44. The summed E-state index contributed by atoms with van der Waals surface area (Å²) in [6.07, 6.45) is 2.58. The van der Waals surface area contributed by atoms with Crippen molar-refractivity contribution in [1.82, 2.24) is 10.2 Å². The van der Waals surface area contributed by atoms with E-state index in [-0.39, 0.29) is 0 Å². The molecule has 0 bridgehead atoms. The van der Waals surface area contributed by atoms with E-state index in [9.17, 15) is 0 Å². The van der Waals surface area contributed by atoms with E-state index in [1.165, 1.54) is 24.3 Å². The smallest absolute Gasteiger partial charge is 0.107 e. The molecule has 1 aliphatic rings. The standard InChI is InChI=1S/C11H16BrClN2S/c1-15-4-2-3-8(7-15)14-6-9-5-10(12)11(13)16-9/h5,8,14H,2-4,6-7H2,1H3. The first-order valence-corrected chi connectivity index (χ1v) is 7.49. The van der Waals surface area contributed by atoms with Crippen LogP contribution in [0.5, 0.6) is 0 Å². The fraction of sp³-hybridized carbons (Fsp3) is 0.636. The van der Waals surface area contributed by atoms with Crippen LogP contribution in [0.15, 0.2) is 10.5 Å². The second-order valence-electron chi connectivity index (χ2n) is 4.32. The van der Waals surface area contributed by atoms with Gasteiger partial charge in [-0.15, -0.1) is 11.3 Å². The molecule has 2 rings (SSSR count). The highest BCUT2D eigenvalue weighted by atomic mass is 79.9. The van der Waals surface area contributed by atoms with Gasteiger partial charge in [-0.1, -0.05) is 11.6 Å². The molecule has 2 nitrogen and oxygen atoms in total. The van der Waals surface area contributed by atoms with Crippen molar-refractivity contribution < 1.29 is 0 Å². The normalized spacial score (nSPS) is 22.6. The summed E-state index contributed by atoms with van der Waals surface area (Å²) in [7, 11) is 2.19. The molecule has 0 aliphatic carbocycles. The fourth-order valence-electron chi connectivity index (χ4n) is 2.06. The van der Waals surface area contributed by atoms with E-state index in [1.807, 2.05) is 0 Å². The highest BCUT2D eigenvalue weighted by Crippen LogP contribution is 2.31. The number of piperidine rings is 1. The molecule has 0 spiro atoms. The van der Waals surface area contributed by atoms with E-state index in [2.05, 4.69) is 39.3 Å². The van der Waals surface area contributed by atoms with Crippen molar-refractivity contribution in [3.8, 4) is 0 Å². The van der Waals surface area contributed by atoms with E-state index < -0.39 is 0 Å². The minimum Gasteiger partial charge on any atom is -0.308 e. The van der Waals surface area contributed by atoms with Crippen molar-refractivity contribution in [2.45, 2.75) is 25.4 Å². The molecule has 1 saturated heterocycles. The number of rotatable bonds is 3. The van der Waals surface area contributed by atoms with Gasteiger partial charge in [0.05, 0.1) is 0 Å². The number of hydrogen-bond donors (Lipinski definition) is 1. The van der Waals surface area contributed by atoms with Gasteiger partial charge in [-0.2, -0.15) is 0 Å². The lowest BCUT2D eigenvalue weighted by atomic mass is 10.1. The molecule has 1 N–H and O–H groups in total. The molecule has 1 aliphatic heterocycles. The fourth-order valence-corrected chi connectivity index (χ4v) is 3.80. The first kappa shape index (κ1) is 12.8. The number of likely N-dealkylation sites (tertiary alicyclic amines) is 1. The third-order valence-corrected chi connectivity index (χ3v) is 5.36. The molecular weight excluding hydrogens is 308 g/mol. The zero-order valence-electron chi connectivity index (χ0n) is 9.30. The zero-order valence-corrected chi connectivity index (χ0v) is 12.5. The van der Waals surface area contributed by atoms with Crippen molar-refractivity contribution in [2.75, 3.05) is 20.1 Å². The maximum atomic E-state index is 6.01. The molecule has 1 fully saturated rings. The van der Waals surface area contributed by atoms with Gasteiger partial charge < -0.3 is 10.2 Å². The van der Waals surface area contributed by atoms with Crippen LogP contribution in [0.3, 0.4) is 0 Å². The van der Waals surface area contributed by atoms with E-state index in [4.69, 9.17) is 11.6 Å². The van der Waals surface area contributed by atoms with Crippen LogP contribution >= 0.6 is 38.9 Å². The van der Waals surface area contributed by atoms with Gasteiger partial charge in [0.1, 0.15) is 4.34 Å². The van der Waals surface area contributed by atoms with Gasteiger partial charge in [-0.05, 0) is 48.4 Å². The second kappa shape index (κ2) is 5.83. The Morgan fingerprint density at radius 2 is 2.50 bits per heavy atom. The van der Waals surface area contributed by atoms with Crippen LogP contribution in [0.25, 0.3) is 0 Å². The van der Waals surface area contributed by atoms with Crippen LogP contribution in [0.1, 0.15) is 17.7 Å². The molecule has 1 aromatic heterocycles. The highest BCUT2D eigenvalue weighted by Gasteiger charge is 2.16. The molecule has 16 heavy (non-hydrogen) atoms. The Kier molecular flexibility index (Phi) is 4.67. The Bertz CT molecular complexity index is 336. The molecule has 1 atom stereocenters. The summed E-state index contributed by atoms with van der Waals surface area (Å²) in [5, 5.41) is 3.60. The predicted octanol–water partition coefficient (Wildman–Crippen LogP) is 3.35. The lowest BCUT2D eigenvalue weighted by molar-refractivity contribution is 0.227. The topological polar surface area (TPSA) is 15.3 Å². The maximum Gasteiger partial charge on any atom is 0.107 e. The summed E-state index contributed by atoms with van der Waals surface area (Å²) in [5.74, 6) is 0. The number of likely N-dealkylation sites (N-methyl/N-ethyl adjacent to an activating group) is 1. The molecular formula is C11H16BrClN2S. The second-order valence-corrected chi connectivity index (χ2v) is 6.91. The van der Waals surface area contributed by atoms with Crippen molar-refractivity contribution >= 4 is 38.9 Å². The first-order chi connectivity index (χ1) is 7.65. The highest BCUT2D eigenvalue weighted by molar-refractivity contribution is 9.10. The van der Waals surface area contributed by atoms with Crippen LogP contribution in [-0.4, -0.2) is 31.1 Å². The average Bonchev–Trinajstić information content (AvgIpc) is 2.56. The lowest BCUT2D eigenvalue weighted by Gasteiger charge is -2.30. The summed E-state index contributed by atoms with van der Waals surface area (Å²) in [6, 6.07) is 2.73. The van der Waals surface area contributed by atoms with Crippen LogP contribution < -0.4 is 5.32 Å². The van der Waals surface area contributed by atoms with Crippen molar-refractivity contribution in [2.24, 2.45) is 0 Å². The Balaban J connectivity index is 1.82. The van der Waals surface area contributed by atoms with Gasteiger partial charge in [0.2, 0.25) is 0 Å². The van der Waals surface area contributed by atoms with Gasteiger partial charge in [0.25, 0.3) is 0 Å². The Morgan fingerprint density at radius 3 is 3.12 bits per heavy atom. The number of thiophene rings is 1. The summed E-state index contributed by atoms with van der Waals surface area (Å²) in [6.45, 7) is 3.31. The number of hydrogen-bond acceptors (Lipinski definition) is 3. The summed E-state index contributed by atoms with van der Waals surface area (Å²) in [5.41, 5.74) is 0. The van der Waals surface area contributed by atoms with Gasteiger partial charge in [0.15, 0.2) is 0 Å². The van der Waals surface area contributed by atoms with Crippen LogP contribution in [0, 0.1) is 0 Å². The Labute approximate surface area is 114 Å². The Hall–Kier alpha value is 0.390. The van der Waals surface area contributed by atoms with Crippen LogP contribution in [0.4, 0.5) is 0 Å². The minimum absolute atomic E-state index is 0.624. The predicted molar refractivity (Wildman–Crippen MR) is 74.4 cm³/mol. The molecule has 90 valence electrons. The van der Waals surface area contributed by atoms with Gasteiger partial charge >= 0.3 is 0 Å². The molecule has 0 amide bonds. The molecule has 0 saturated carbocycles. The van der Waals surface area contributed by atoms with Gasteiger partial charge in [-0.25, -0.2) is 0 Å². The number of halogens is 2. The van der Waals surface area contributed by atoms with Crippen LogP contribution in [-0.2, 0) is 6.54 Å². The summed E-state index contributed by atoms with van der Waals surface area (Å²) in [4.78, 5) is 3.68. The van der Waals surface area contributed by atoms with E-state index >= 15 is 0 Å². The molecule has 1 unspecified atom stereocenters. The van der Waals surface area contributed by atoms with Gasteiger partial charge in [0, 0.05) is 28.5 Å². The molecule has 0 radical (unpaired) electrons. The van der Waals surface area contributed by atoms with Crippen molar-refractivity contribution in [1.29, 1.82) is 0 Å². The average molecular weight is 324 g/mol. The largest absolute Gasteiger partial charge is 0.308 e. The SMILES string of the molecule is CN1CCCC(NCc2cc(Br)c(Cl)s2)C1. The minimum atomic E-state index is 0.624. The quantitative estimate of drug-likeness (QED) is 0.917.